The van der Waals surface area contributed by atoms with Crippen LogP contribution in [0, 0.1) is 3.57 Å². The molecule has 0 spiro atoms. The van der Waals surface area contributed by atoms with E-state index in [-0.39, 0.29) is 11.9 Å². The van der Waals surface area contributed by atoms with Crippen molar-refractivity contribution in [3.8, 4) is 0 Å². The van der Waals surface area contributed by atoms with Crippen LogP contribution in [-0.4, -0.2) is 21.8 Å². The smallest absolute Gasteiger partial charge is 0.254 e. The molecule has 3 nitrogen and oxygen atoms in total. The summed E-state index contributed by atoms with van der Waals surface area (Å²) in [5, 5.41) is 0.603. The number of halogens is 2. The normalized spacial score (nSPS) is 10.7. The molecule has 0 aliphatic carbocycles. The number of benzene rings is 1. The fourth-order valence-corrected chi connectivity index (χ4v) is 2.49. The van der Waals surface area contributed by atoms with E-state index in [2.05, 4.69) is 27.6 Å². The topological polar surface area (TPSA) is 33.2 Å². The fourth-order valence-electron chi connectivity index (χ4n) is 1.97. The Morgan fingerprint density at radius 3 is 2.71 bits per heavy atom. The van der Waals surface area contributed by atoms with Gasteiger partial charge in [-0.25, -0.2) is 0 Å². The highest BCUT2D eigenvalue weighted by Crippen LogP contribution is 2.21. The Bertz CT molecular complexity index is 631. The summed E-state index contributed by atoms with van der Waals surface area (Å²) >= 11 is 8.26. The van der Waals surface area contributed by atoms with Crippen LogP contribution in [0.15, 0.2) is 42.7 Å². The van der Waals surface area contributed by atoms with Gasteiger partial charge in [0.2, 0.25) is 0 Å². The van der Waals surface area contributed by atoms with Gasteiger partial charge in [0.05, 0.1) is 5.02 Å². The lowest BCUT2D eigenvalue weighted by Gasteiger charge is -2.27. The highest BCUT2D eigenvalue weighted by molar-refractivity contribution is 14.1. The summed E-state index contributed by atoms with van der Waals surface area (Å²) in [4.78, 5) is 18.6. The zero-order chi connectivity index (χ0) is 15.4. The number of hydrogen-bond donors (Lipinski definition) is 0. The second-order valence-corrected chi connectivity index (χ2v) is 6.59. The van der Waals surface area contributed by atoms with Crippen LogP contribution in [0.2, 0.25) is 5.02 Å². The molecule has 0 unspecified atom stereocenters. The molecule has 1 aromatic carbocycles. The molecule has 0 saturated heterocycles. The predicted molar refractivity (Wildman–Crippen MR) is 93.4 cm³/mol. The van der Waals surface area contributed by atoms with Gasteiger partial charge in [0.1, 0.15) is 0 Å². The Kier molecular flexibility index (Phi) is 5.58. The average molecular weight is 415 g/mol. The van der Waals surface area contributed by atoms with E-state index in [1.807, 2.05) is 43.0 Å². The molecule has 0 radical (unpaired) electrons. The standard InChI is InChI=1S/C16H16ClIN2O/c1-11(2)20(10-12-4-3-7-19-9-12)16(21)13-5-6-15(18)14(17)8-13/h3-9,11H,10H2,1-2H3. The van der Waals surface area contributed by atoms with Gasteiger partial charge in [0.25, 0.3) is 5.91 Å². The van der Waals surface area contributed by atoms with Crippen molar-refractivity contribution in [3.63, 3.8) is 0 Å². The molecular weight excluding hydrogens is 399 g/mol. The molecule has 1 amide bonds. The van der Waals surface area contributed by atoms with Crippen molar-refractivity contribution in [1.82, 2.24) is 9.88 Å². The first-order valence-electron chi connectivity index (χ1n) is 6.64. The minimum atomic E-state index is -0.0212. The lowest BCUT2D eigenvalue weighted by molar-refractivity contribution is 0.0690. The molecule has 110 valence electrons. The Labute approximate surface area is 143 Å². The first-order chi connectivity index (χ1) is 9.99. The summed E-state index contributed by atoms with van der Waals surface area (Å²) in [6.07, 6.45) is 3.51. The van der Waals surface area contributed by atoms with Crippen molar-refractivity contribution in [1.29, 1.82) is 0 Å². The number of pyridine rings is 1. The quantitative estimate of drug-likeness (QED) is 0.695. The van der Waals surface area contributed by atoms with Crippen molar-refractivity contribution in [3.05, 3.63) is 62.4 Å². The second kappa shape index (κ2) is 7.22. The highest BCUT2D eigenvalue weighted by atomic mass is 127. The molecule has 0 N–H and O–H groups in total. The van der Waals surface area contributed by atoms with Crippen molar-refractivity contribution in [2.75, 3.05) is 0 Å². The molecule has 0 atom stereocenters. The first kappa shape index (κ1) is 16.2. The average Bonchev–Trinajstić information content (AvgIpc) is 2.47. The SMILES string of the molecule is CC(C)N(Cc1cccnc1)C(=O)c1ccc(I)c(Cl)c1. The number of rotatable bonds is 4. The zero-order valence-corrected chi connectivity index (χ0v) is 14.8. The highest BCUT2D eigenvalue weighted by Gasteiger charge is 2.19. The van der Waals surface area contributed by atoms with Gasteiger partial charge in [-0.15, -0.1) is 0 Å². The Balaban J connectivity index is 2.25. The molecule has 0 aliphatic heterocycles. The molecule has 2 rings (SSSR count). The van der Waals surface area contributed by atoms with Crippen molar-refractivity contribution >= 4 is 40.1 Å². The van der Waals surface area contributed by atoms with E-state index in [1.165, 1.54) is 0 Å². The number of aromatic nitrogens is 1. The van der Waals surface area contributed by atoms with E-state index in [0.717, 1.165) is 9.13 Å². The van der Waals surface area contributed by atoms with Crippen LogP contribution in [0.3, 0.4) is 0 Å². The Hall–Kier alpha value is -1.14. The van der Waals surface area contributed by atoms with E-state index in [1.54, 1.807) is 18.5 Å². The van der Waals surface area contributed by atoms with Gasteiger partial charge in [-0.05, 0) is 66.3 Å². The van der Waals surface area contributed by atoms with Crippen LogP contribution in [0.5, 0.6) is 0 Å². The van der Waals surface area contributed by atoms with Crippen molar-refractivity contribution in [2.45, 2.75) is 26.4 Å². The van der Waals surface area contributed by atoms with E-state index >= 15 is 0 Å². The van der Waals surface area contributed by atoms with Crippen LogP contribution in [0.4, 0.5) is 0 Å². The number of carbonyl (C=O) groups is 1. The number of carbonyl (C=O) groups excluding carboxylic acids is 1. The maximum Gasteiger partial charge on any atom is 0.254 e. The second-order valence-electron chi connectivity index (χ2n) is 5.02. The summed E-state index contributed by atoms with van der Waals surface area (Å²) in [5.74, 6) is -0.0212. The minimum absolute atomic E-state index is 0.0212. The van der Waals surface area contributed by atoms with Gasteiger partial charge in [0.15, 0.2) is 0 Å². The van der Waals surface area contributed by atoms with Crippen LogP contribution in [-0.2, 0) is 6.54 Å². The Morgan fingerprint density at radius 2 is 2.14 bits per heavy atom. The van der Waals surface area contributed by atoms with E-state index in [9.17, 15) is 4.79 Å². The van der Waals surface area contributed by atoms with Crippen molar-refractivity contribution in [2.24, 2.45) is 0 Å². The maximum atomic E-state index is 12.7. The summed E-state index contributed by atoms with van der Waals surface area (Å²) in [7, 11) is 0. The van der Waals surface area contributed by atoms with Crippen LogP contribution >= 0.6 is 34.2 Å². The molecule has 0 saturated carbocycles. The van der Waals surface area contributed by atoms with E-state index in [4.69, 9.17) is 11.6 Å². The molecular formula is C16H16ClIN2O. The summed E-state index contributed by atoms with van der Waals surface area (Å²) in [6, 6.07) is 9.34. The molecule has 5 heteroatoms. The molecule has 0 aliphatic rings. The summed E-state index contributed by atoms with van der Waals surface area (Å²) < 4.78 is 0.939. The third-order valence-corrected chi connectivity index (χ3v) is 4.70. The molecule has 21 heavy (non-hydrogen) atoms. The van der Waals surface area contributed by atoms with Gasteiger partial charge in [-0.1, -0.05) is 17.7 Å². The van der Waals surface area contributed by atoms with Crippen LogP contribution in [0.25, 0.3) is 0 Å². The number of nitrogens with zero attached hydrogens (tertiary/aromatic N) is 2. The van der Waals surface area contributed by atoms with Gasteiger partial charge >= 0.3 is 0 Å². The zero-order valence-electron chi connectivity index (χ0n) is 11.9. The molecule has 2 aromatic rings. The minimum Gasteiger partial charge on any atom is -0.332 e. The van der Waals surface area contributed by atoms with Gasteiger partial charge < -0.3 is 4.90 Å². The summed E-state index contributed by atoms with van der Waals surface area (Å²) in [5.41, 5.74) is 1.62. The molecule has 0 fully saturated rings. The predicted octanol–water partition coefficient (Wildman–Crippen LogP) is 4.39. The molecule has 0 bridgehead atoms. The Morgan fingerprint density at radius 1 is 1.38 bits per heavy atom. The lowest BCUT2D eigenvalue weighted by atomic mass is 10.1. The lowest BCUT2D eigenvalue weighted by Crippen LogP contribution is -2.36. The monoisotopic (exact) mass is 414 g/mol. The fraction of sp³-hybridized carbons (Fsp3) is 0.250. The first-order valence-corrected chi connectivity index (χ1v) is 8.09. The van der Waals surface area contributed by atoms with E-state index < -0.39 is 0 Å². The third kappa shape index (κ3) is 4.17. The van der Waals surface area contributed by atoms with E-state index in [0.29, 0.717) is 17.1 Å². The number of hydrogen-bond acceptors (Lipinski definition) is 2. The van der Waals surface area contributed by atoms with Crippen molar-refractivity contribution < 1.29 is 4.79 Å². The largest absolute Gasteiger partial charge is 0.332 e. The summed E-state index contributed by atoms with van der Waals surface area (Å²) in [6.45, 7) is 4.54. The van der Waals surface area contributed by atoms with Crippen LogP contribution in [0.1, 0.15) is 29.8 Å². The van der Waals surface area contributed by atoms with Crippen LogP contribution < -0.4 is 0 Å². The molecule has 1 heterocycles. The van der Waals surface area contributed by atoms with Gasteiger partial charge in [0, 0.05) is 34.1 Å². The third-order valence-electron chi connectivity index (χ3n) is 3.13. The molecule has 1 aromatic heterocycles. The van der Waals surface area contributed by atoms with Gasteiger partial charge in [-0.2, -0.15) is 0 Å². The number of amides is 1. The van der Waals surface area contributed by atoms with Gasteiger partial charge in [-0.3, -0.25) is 9.78 Å². The maximum absolute atomic E-state index is 12.7.